The Morgan fingerprint density at radius 3 is 2.61 bits per heavy atom. The first-order valence-electron chi connectivity index (χ1n) is 13.7. The molecule has 3 aromatic carbocycles. The average molecular weight is 512 g/mol. The van der Waals surface area contributed by atoms with Gasteiger partial charge in [0.1, 0.15) is 17.3 Å². The predicted molar refractivity (Wildman–Crippen MR) is 152 cm³/mol. The van der Waals surface area contributed by atoms with Crippen LogP contribution >= 0.6 is 0 Å². The van der Waals surface area contributed by atoms with Gasteiger partial charge in [0.25, 0.3) is 0 Å². The lowest BCUT2D eigenvalue weighted by Gasteiger charge is -2.18. The molecule has 38 heavy (non-hydrogen) atoms. The molecule has 2 atom stereocenters. The zero-order chi connectivity index (χ0) is 26.5. The van der Waals surface area contributed by atoms with Gasteiger partial charge in [-0.3, -0.25) is 4.79 Å². The molecule has 198 valence electrons. The number of nitrogens with zero attached hydrogens (tertiary/aromatic N) is 3. The summed E-state index contributed by atoms with van der Waals surface area (Å²) < 4.78 is 13.7. The van der Waals surface area contributed by atoms with Crippen molar-refractivity contribution in [3.8, 4) is 11.5 Å². The first kappa shape index (κ1) is 25.8. The maximum atomic E-state index is 13.0. The van der Waals surface area contributed by atoms with Crippen molar-refractivity contribution >= 4 is 22.6 Å². The topological polar surface area (TPSA) is 56.6 Å². The quantitative estimate of drug-likeness (QED) is 0.205. The SMILES string of the molecule is CCC(C)c1ccc(OCCCCn2c(C3CC(=O)N(c4cccc(OC)c4)C3)nc3ccccc32)cc1. The Balaban J connectivity index is 1.24. The Hall–Kier alpha value is -3.80. The fraction of sp³-hybridized carbons (Fsp3) is 0.375. The molecule has 2 unspecified atom stereocenters. The molecule has 0 aliphatic carbocycles. The second-order valence-corrected chi connectivity index (χ2v) is 10.2. The summed E-state index contributed by atoms with van der Waals surface area (Å²) in [5.74, 6) is 3.40. The Morgan fingerprint density at radius 2 is 1.82 bits per heavy atom. The molecule has 1 aliphatic heterocycles. The number of benzene rings is 3. The summed E-state index contributed by atoms with van der Waals surface area (Å²) in [4.78, 5) is 19.9. The maximum Gasteiger partial charge on any atom is 0.227 e. The third kappa shape index (κ3) is 5.54. The van der Waals surface area contributed by atoms with Crippen molar-refractivity contribution < 1.29 is 14.3 Å². The summed E-state index contributed by atoms with van der Waals surface area (Å²) in [6.45, 7) is 6.60. The number of hydrogen-bond donors (Lipinski definition) is 0. The Morgan fingerprint density at radius 1 is 1.00 bits per heavy atom. The van der Waals surface area contributed by atoms with Crippen LogP contribution in [0.2, 0.25) is 0 Å². The van der Waals surface area contributed by atoms with E-state index in [1.807, 2.05) is 35.2 Å². The number of carbonyl (C=O) groups excluding carboxylic acids is 1. The molecule has 1 aliphatic rings. The number of amides is 1. The van der Waals surface area contributed by atoms with E-state index in [0.717, 1.165) is 59.9 Å². The summed E-state index contributed by atoms with van der Waals surface area (Å²) in [5, 5.41) is 0. The van der Waals surface area contributed by atoms with Crippen molar-refractivity contribution in [2.75, 3.05) is 25.2 Å². The first-order chi connectivity index (χ1) is 18.6. The van der Waals surface area contributed by atoms with E-state index in [4.69, 9.17) is 14.5 Å². The molecule has 0 N–H and O–H groups in total. The van der Waals surface area contributed by atoms with E-state index in [0.29, 0.717) is 25.5 Å². The molecule has 6 nitrogen and oxygen atoms in total. The highest BCUT2D eigenvalue weighted by atomic mass is 16.5. The zero-order valence-corrected chi connectivity index (χ0v) is 22.6. The molecule has 1 amide bonds. The molecule has 0 radical (unpaired) electrons. The summed E-state index contributed by atoms with van der Waals surface area (Å²) in [6.07, 6.45) is 3.51. The van der Waals surface area contributed by atoms with Gasteiger partial charge in [-0.1, -0.05) is 44.2 Å². The van der Waals surface area contributed by atoms with Crippen molar-refractivity contribution in [3.63, 3.8) is 0 Å². The van der Waals surface area contributed by atoms with E-state index >= 15 is 0 Å². The van der Waals surface area contributed by atoms with Gasteiger partial charge >= 0.3 is 0 Å². The van der Waals surface area contributed by atoms with Crippen LogP contribution in [0.1, 0.15) is 62.8 Å². The molecule has 1 fully saturated rings. The lowest BCUT2D eigenvalue weighted by molar-refractivity contribution is -0.117. The van der Waals surface area contributed by atoms with Crippen LogP contribution in [0.25, 0.3) is 11.0 Å². The van der Waals surface area contributed by atoms with E-state index in [9.17, 15) is 4.79 Å². The molecular weight excluding hydrogens is 474 g/mol. The highest BCUT2D eigenvalue weighted by Crippen LogP contribution is 2.34. The van der Waals surface area contributed by atoms with E-state index in [-0.39, 0.29) is 11.8 Å². The molecule has 0 saturated carbocycles. The molecule has 0 spiro atoms. The number of carbonyl (C=O) groups is 1. The molecule has 4 aromatic rings. The van der Waals surface area contributed by atoms with Crippen LogP contribution < -0.4 is 14.4 Å². The van der Waals surface area contributed by atoms with Gasteiger partial charge in [0.15, 0.2) is 0 Å². The largest absolute Gasteiger partial charge is 0.497 e. The maximum absolute atomic E-state index is 13.0. The summed E-state index contributed by atoms with van der Waals surface area (Å²) >= 11 is 0. The van der Waals surface area contributed by atoms with Gasteiger partial charge < -0.3 is 18.9 Å². The van der Waals surface area contributed by atoms with Gasteiger partial charge in [0.2, 0.25) is 5.91 Å². The van der Waals surface area contributed by atoms with E-state index in [2.05, 4.69) is 60.9 Å². The van der Waals surface area contributed by atoms with Crippen LogP contribution in [-0.2, 0) is 11.3 Å². The summed E-state index contributed by atoms with van der Waals surface area (Å²) in [5.41, 5.74) is 4.33. The molecular formula is C32H37N3O3. The van der Waals surface area contributed by atoms with Crippen LogP contribution in [-0.4, -0.2) is 35.7 Å². The van der Waals surface area contributed by atoms with Crippen LogP contribution in [0, 0.1) is 0 Å². The Kier molecular flexibility index (Phi) is 7.97. The number of imidazole rings is 1. The highest BCUT2D eigenvalue weighted by Gasteiger charge is 2.35. The average Bonchev–Trinajstić information content (AvgIpc) is 3.53. The molecule has 5 rings (SSSR count). The monoisotopic (exact) mass is 511 g/mol. The first-order valence-corrected chi connectivity index (χ1v) is 13.7. The minimum atomic E-state index is 0.0429. The zero-order valence-electron chi connectivity index (χ0n) is 22.6. The normalized spacial score (nSPS) is 16.2. The fourth-order valence-corrected chi connectivity index (χ4v) is 5.24. The van der Waals surface area contributed by atoms with Crippen molar-refractivity contribution in [1.82, 2.24) is 9.55 Å². The summed E-state index contributed by atoms with van der Waals surface area (Å²) in [7, 11) is 1.64. The van der Waals surface area contributed by atoms with Crippen molar-refractivity contribution in [3.05, 3.63) is 84.2 Å². The third-order valence-electron chi connectivity index (χ3n) is 7.65. The Bertz CT molecular complexity index is 1380. The Labute approximate surface area is 225 Å². The predicted octanol–water partition coefficient (Wildman–Crippen LogP) is 6.94. The highest BCUT2D eigenvalue weighted by molar-refractivity contribution is 5.96. The number of hydrogen-bond acceptors (Lipinski definition) is 4. The summed E-state index contributed by atoms with van der Waals surface area (Å²) in [6, 6.07) is 24.4. The number of methoxy groups -OCH3 is 1. The van der Waals surface area contributed by atoms with Gasteiger partial charge in [0.05, 0.1) is 24.8 Å². The van der Waals surface area contributed by atoms with E-state index < -0.39 is 0 Å². The van der Waals surface area contributed by atoms with Crippen LogP contribution in [0.5, 0.6) is 11.5 Å². The number of ether oxygens (including phenoxy) is 2. The smallest absolute Gasteiger partial charge is 0.227 e. The van der Waals surface area contributed by atoms with Crippen molar-refractivity contribution in [1.29, 1.82) is 0 Å². The lowest BCUT2D eigenvalue weighted by atomic mass is 9.99. The van der Waals surface area contributed by atoms with Crippen molar-refractivity contribution in [2.24, 2.45) is 0 Å². The molecule has 1 aromatic heterocycles. The van der Waals surface area contributed by atoms with Crippen LogP contribution in [0.15, 0.2) is 72.8 Å². The lowest BCUT2D eigenvalue weighted by Crippen LogP contribution is -2.24. The number of unbranched alkanes of at least 4 members (excludes halogenated alkanes) is 1. The van der Waals surface area contributed by atoms with Crippen molar-refractivity contribution in [2.45, 2.75) is 57.9 Å². The third-order valence-corrected chi connectivity index (χ3v) is 7.65. The second-order valence-electron chi connectivity index (χ2n) is 10.2. The van der Waals surface area contributed by atoms with Gasteiger partial charge in [0, 0.05) is 37.2 Å². The second kappa shape index (κ2) is 11.7. The number of rotatable bonds is 11. The number of aryl methyl sites for hydroxylation is 1. The van der Waals surface area contributed by atoms with Crippen LogP contribution in [0.3, 0.4) is 0 Å². The van der Waals surface area contributed by atoms with Gasteiger partial charge in [-0.05, 0) is 67.1 Å². The standard InChI is InChI=1S/C32H37N3O3/c1-4-23(2)24-14-16-27(17-15-24)38-19-8-7-18-34-30-13-6-5-12-29(30)33-32(34)25-20-31(36)35(22-25)26-10-9-11-28(21-26)37-3/h5-6,9-17,21,23,25H,4,7-8,18-20,22H2,1-3H3. The van der Waals surface area contributed by atoms with E-state index in [1.54, 1.807) is 7.11 Å². The minimum Gasteiger partial charge on any atom is -0.497 e. The number of para-hydroxylation sites is 2. The van der Waals surface area contributed by atoms with Gasteiger partial charge in [-0.25, -0.2) is 4.98 Å². The number of aromatic nitrogens is 2. The molecule has 6 heteroatoms. The fourth-order valence-electron chi connectivity index (χ4n) is 5.24. The number of fused-ring (bicyclic) bond motifs is 1. The minimum absolute atomic E-state index is 0.0429. The van der Waals surface area contributed by atoms with Gasteiger partial charge in [-0.15, -0.1) is 0 Å². The molecule has 0 bridgehead atoms. The van der Waals surface area contributed by atoms with Crippen LogP contribution in [0.4, 0.5) is 5.69 Å². The molecule has 2 heterocycles. The van der Waals surface area contributed by atoms with E-state index in [1.165, 1.54) is 5.56 Å². The molecule has 1 saturated heterocycles. The van der Waals surface area contributed by atoms with Gasteiger partial charge in [-0.2, -0.15) is 0 Å². The number of anilines is 1.